The second-order valence-corrected chi connectivity index (χ2v) is 15.1. The van der Waals surface area contributed by atoms with Crippen LogP contribution in [0.3, 0.4) is 0 Å². The number of benzene rings is 3. The van der Waals surface area contributed by atoms with E-state index in [9.17, 15) is 24.2 Å². The Kier molecular flexibility index (Phi) is 11.7. The molecular weight excluding hydrogens is 639 g/mol. The van der Waals surface area contributed by atoms with Crippen molar-refractivity contribution in [1.29, 1.82) is 0 Å². The van der Waals surface area contributed by atoms with Gasteiger partial charge in [-0.05, 0) is 107 Å². The molecule has 0 saturated heterocycles. The number of halogens is 2. The average Bonchev–Trinajstić information content (AvgIpc) is 3.30. The Balaban J connectivity index is 1.58. The Hall–Kier alpha value is -3.52. The van der Waals surface area contributed by atoms with Crippen molar-refractivity contribution in [2.24, 2.45) is 5.41 Å². The second-order valence-electron chi connectivity index (χ2n) is 14.7. The molecule has 0 heterocycles. The van der Waals surface area contributed by atoms with E-state index in [1.807, 2.05) is 62.4 Å². The lowest BCUT2D eigenvalue weighted by Crippen LogP contribution is -2.55. The van der Waals surface area contributed by atoms with Crippen LogP contribution in [0.5, 0.6) is 0 Å². The highest BCUT2D eigenvalue weighted by Gasteiger charge is 2.57. The van der Waals surface area contributed by atoms with Gasteiger partial charge in [-0.3, -0.25) is 4.79 Å². The largest absolute Gasteiger partial charge is 0.393 e. The third-order valence-electron chi connectivity index (χ3n) is 10.7. The molecule has 0 aliphatic heterocycles. The Morgan fingerprint density at radius 1 is 1.06 bits per heavy atom. The molecule has 0 radical (unpaired) electrons. The molecule has 0 unspecified atom stereocenters. The first-order valence-corrected chi connectivity index (χ1v) is 17.9. The highest BCUT2D eigenvalue weighted by atomic mass is 35.5. The maximum atomic E-state index is 14.9. The number of allylic oxidation sites excluding steroid dienone is 2. The monoisotopic (exact) mass is 688 g/mol. The van der Waals surface area contributed by atoms with Gasteiger partial charge in [-0.25, -0.2) is 9.18 Å². The molecule has 0 aromatic heterocycles. The number of nitrogens with zero attached hydrogens (tertiary/aromatic N) is 1. The first-order valence-electron chi connectivity index (χ1n) is 17.5. The zero-order valence-corrected chi connectivity index (χ0v) is 29.9. The summed E-state index contributed by atoms with van der Waals surface area (Å²) in [4.78, 5) is 29.6. The number of aliphatic hydroxyl groups excluding tert-OH is 1. The van der Waals surface area contributed by atoms with Gasteiger partial charge in [0, 0.05) is 40.6 Å². The van der Waals surface area contributed by atoms with Crippen molar-refractivity contribution in [2.75, 3.05) is 6.54 Å². The Labute approximate surface area is 295 Å². The predicted octanol–water partition coefficient (Wildman–Crippen LogP) is 8.56. The molecule has 4 atom stereocenters. The maximum Gasteiger partial charge on any atom is 0.317 e. The van der Waals surface area contributed by atoms with Crippen LogP contribution in [0.25, 0.3) is 0 Å². The van der Waals surface area contributed by atoms with Crippen LogP contribution in [0.2, 0.25) is 5.02 Å². The van der Waals surface area contributed by atoms with Crippen LogP contribution >= 0.6 is 11.6 Å². The van der Waals surface area contributed by atoms with Gasteiger partial charge in [-0.2, -0.15) is 0 Å². The molecule has 6 nitrogen and oxygen atoms in total. The fourth-order valence-electron chi connectivity index (χ4n) is 7.86. The summed E-state index contributed by atoms with van der Waals surface area (Å²) in [7, 11) is 0. The van der Waals surface area contributed by atoms with Crippen molar-refractivity contribution in [3.63, 3.8) is 0 Å². The minimum atomic E-state index is -1.27. The van der Waals surface area contributed by atoms with Crippen LogP contribution in [-0.4, -0.2) is 51.2 Å². The van der Waals surface area contributed by atoms with Crippen molar-refractivity contribution in [1.82, 2.24) is 10.2 Å². The number of urea groups is 1. The second kappa shape index (κ2) is 15.6. The molecule has 6 rings (SSSR count). The lowest BCUT2D eigenvalue weighted by molar-refractivity contribution is -0.0781. The van der Waals surface area contributed by atoms with Crippen molar-refractivity contribution in [3.8, 4) is 0 Å². The summed E-state index contributed by atoms with van der Waals surface area (Å²) in [5, 5.41) is 27.0. The van der Waals surface area contributed by atoms with E-state index in [0.29, 0.717) is 50.6 Å². The number of amides is 2. The van der Waals surface area contributed by atoms with Gasteiger partial charge < -0.3 is 20.4 Å². The molecule has 2 bridgehead atoms. The Bertz CT molecular complexity index is 1660. The number of carbonyl (C=O) groups is 2. The summed E-state index contributed by atoms with van der Waals surface area (Å²) in [5.41, 5.74) is 2.39. The van der Waals surface area contributed by atoms with Crippen LogP contribution in [0.15, 0.2) is 78.4 Å². The normalized spacial score (nSPS) is 24.2. The van der Waals surface area contributed by atoms with Gasteiger partial charge in [0.2, 0.25) is 0 Å². The summed E-state index contributed by atoms with van der Waals surface area (Å²) in [5.74, 6) is -1.02. The van der Waals surface area contributed by atoms with E-state index in [1.165, 1.54) is 17.7 Å². The fourth-order valence-corrected chi connectivity index (χ4v) is 8.09. The van der Waals surface area contributed by atoms with Crippen molar-refractivity contribution < 1.29 is 24.2 Å². The number of hydrogen-bond acceptors (Lipinski definition) is 4. The first-order chi connectivity index (χ1) is 23.3. The Morgan fingerprint density at radius 3 is 2.53 bits per heavy atom. The van der Waals surface area contributed by atoms with Crippen LogP contribution in [0.1, 0.15) is 105 Å². The summed E-state index contributed by atoms with van der Waals surface area (Å²) in [6, 6.07) is 19.6. The highest BCUT2D eigenvalue weighted by Crippen LogP contribution is 2.59. The number of carbonyl (C=O) groups excluding carboxylic acids is 2. The molecule has 8 heteroatoms. The van der Waals surface area contributed by atoms with E-state index in [4.69, 9.17) is 11.6 Å². The molecule has 3 aliphatic rings. The third kappa shape index (κ3) is 8.45. The minimum absolute atomic E-state index is 0.0802. The average molecular weight is 689 g/mol. The smallest absolute Gasteiger partial charge is 0.317 e. The summed E-state index contributed by atoms with van der Waals surface area (Å²) in [6.45, 7) is 8.47. The summed E-state index contributed by atoms with van der Waals surface area (Å²) < 4.78 is 14.9. The van der Waals surface area contributed by atoms with Crippen LogP contribution in [0, 0.1) is 11.2 Å². The zero-order chi connectivity index (χ0) is 35.3. The van der Waals surface area contributed by atoms with Gasteiger partial charge in [-0.1, -0.05) is 78.7 Å². The van der Waals surface area contributed by atoms with Gasteiger partial charge in [-0.15, -0.1) is 0 Å². The summed E-state index contributed by atoms with van der Waals surface area (Å²) in [6.07, 6.45) is 5.47. The van der Waals surface area contributed by atoms with Gasteiger partial charge in [0.25, 0.3) is 0 Å². The SMILES string of the molecule is CC1=CCC[C@@]2(C)[C@@H](CC[C@@]2(O)CN(Cc2ccccc2)C(=O)NC(C)C)c2ccc(cc2C(=O)Cc2c(F)cccc2Cl)C[C@@H](O)CC1. The van der Waals surface area contributed by atoms with E-state index in [0.717, 1.165) is 23.1 Å². The van der Waals surface area contributed by atoms with E-state index >= 15 is 0 Å². The standard InChI is InChI=1S/C41H50ClFN2O4/c1-27(2)44-39(48)45(25-29-11-6-5-7-12-29)26-41(49)21-19-35-32-18-16-30(22-31(46)17-15-28(3)10-9-20-40(35,41)4)23-33(32)38(47)24-34-36(42)13-8-14-37(34)43/h5-8,10-14,16,18,23,27,31,35,46,49H,9,15,17,19-22,24-26H2,1-4H3,(H,44,48)/t31-,35-,40-,41+/m0/s1. The van der Waals surface area contributed by atoms with Gasteiger partial charge >= 0.3 is 6.03 Å². The first kappa shape index (κ1) is 36.8. The molecule has 3 N–H and O–H groups in total. The lowest BCUT2D eigenvalue weighted by Gasteiger charge is -2.46. The molecule has 262 valence electrons. The molecule has 1 fully saturated rings. The predicted molar refractivity (Wildman–Crippen MR) is 193 cm³/mol. The molecule has 49 heavy (non-hydrogen) atoms. The lowest BCUT2D eigenvalue weighted by atomic mass is 9.64. The highest BCUT2D eigenvalue weighted by molar-refractivity contribution is 6.31. The number of aliphatic hydroxyl groups is 2. The zero-order valence-electron chi connectivity index (χ0n) is 29.1. The summed E-state index contributed by atoms with van der Waals surface area (Å²) >= 11 is 6.37. The third-order valence-corrected chi connectivity index (χ3v) is 11.1. The molecular formula is C41H50ClFN2O4. The van der Waals surface area contributed by atoms with Crippen molar-refractivity contribution in [3.05, 3.63) is 117 Å². The van der Waals surface area contributed by atoms with Crippen molar-refractivity contribution >= 4 is 23.4 Å². The molecule has 3 aromatic carbocycles. The number of nitrogens with one attached hydrogen (secondary N) is 1. The maximum absolute atomic E-state index is 14.9. The van der Waals surface area contributed by atoms with Crippen LogP contribution in [-0.2, 0) is 19.4 Å². The topological polar surface area (TPSA) is 89.9 Å². The number of hydrogen-bond donors (Lipinski definition) is 3. The number of rotatable bonds is 8. The van der Waals surface area contributed by atoms with Gasteiger partial charge in [0.15, 0.2) is 5.78 Å². The molecule has 3 aliphatic carbocycles. The van der Waals surface area contributed by atoms with E-state index in [1.54, 1.807) is 11.0 Å². The number of Topliss-reactive ketones (excluding diaryl/α,β-unsaturated/α-hetero) is 1. The Morgan fingerprint density at radius 2 is 1.82 bits per heavy atom. The molecule has 0 spiro atoms. The van der Waals surface area contributed by atoms with Crippen LogP contribution < -0.4 is 5.32 Å². The van der Waals surface area contributed by atoms with Gasteiger partial charge in [0.1, 0.15) is 5.82 Å². The fraction of sp³-hybridized carbons (Fsp3) is 0.463. The van der Waals surface area contributed by atoms with E-state index in [2.05, 4.69) is 25.2 Å². The minimum Gasteiger partial charge on any atom is -0.393 e. The molecule has 1 saturated carbocycles. The number of fused-ring (bicyclic) bond motifs is 8. The van der Waals surface area contributed by atoms with E-state index in [-0.39, 0.29) is 47.3 Å². The quantitative estimate of drug-likeness (QED) is 0.163. The molecule has 3 aromatic rings. The molecule has 2 amide bonds. The number of ketones is 1. The van der Waals surface area contributed by atoms with Crippen LogP contribution in [0.4, 0.5) is 9.18 Å². The van der Waals surface area contributed by atoms with Crippen molar-refractivity contribution in [2.45, 2.75) is 109 Å². The van der Waals surface area contributed by atoms with Gasteiger partial charge in [0.05, 0.1) is 18.2 Å². The van der Waals surface area contributed by atoms with E-state index < -0.39 is 22.9 Å².